The quantitative estimate of drug-likeness (QED) is 0.918. The van der Waals surface area contributed by atoms with E-state index in [1.807, 2.05) is 24.3 Å². The van der Waals surface area contributed by atoms with Crippen molar-refractivity contribution >= 4 is 11.7 Å². The smallest absolute Gasteiger partial charge is 0.336 e. The maximum absolute atomic E-state index is 11.3. The van der Waals surface area contributed by atoms with Gasteiger partial charge in [-0.2, -0.15) is 0 Å². The molecule has 0 bridgehead atoms. The van der Waals surface area contributed by atoms with Gasteiger partial charge in [0.15, 0.2) is 0 Å². The Kier molecular flexibility index (Phi) is 2.99. The number of benzene rings is 1. The molecule has 0 aliphatic carbocycles. The van der Waals surface area contributed by atoms with Crippen LogP contribution in [0.5, 0.6) is 0 Å². The average molecular weight is 257 g/mol. The van der Waals surface area contributed by atoms with Crippen LogP contribution in [-0.2, 0) is 13.0 Å². The minimum atomic E-state index is -0.850. The third-order valence-electron chi connectivity index (χ3n) is 3.50. The van der Waals surface area contributed by atoms with Gasteiger partial charge >= 0.3 is 5.97 Å². The first-order chi connectivity index (χ1) is 9.25. The Bertz CT molecular complexity index is 589. The fraction of sp³-hybridized carbons (Fsp3) is 0.267. The van der Waals surface area contributed by atoms with Crippen LogP contribution in [-0.4, -0.2) is 17.6 Å². The van der Waals surface area contributed by atoms with E-state index >= 15 is 0 Å². The molecule has 1 aromatic carbocycles. The molecule has 1 N–H and O–H groups in total. The Labute approximate surface area is 111 Å². The standard InChI is InChI=1S/C15H15NO3/c17-15(18)13-5-1-7-14-12(13)6-2-8-16(14)10-11-4-3-9-19-11/h1,3-5,7,9H,2,6,8,10H2,(H,17,18). The van der Waals surface area contributed by atoms with Gasteiger partial charge in [0.25, 0.3) is 0 Å². The molecule has 1 aliphatic rings. The minimum absolute atomic E-state index is 0.418. The Morgan fingerprint density at radius 1 is 1.32 bits per heavy atom. The van der Waals surface area contributed by atoms with Crippen molar-refractivity contribution in [3.8, 4) is 0 Å². The summed E-state index contributed by atoms with van der Waals surface area (Å²) in [6.07, 6.45) is 3.46. The first-order valence-electron chi connectivity index (χ1n) is 6.38. The average Bonchev–Trinajstić information content (AvgIpc) is 2.91. The summed E-state index contributed by atoms with van der Waals surface area (Å²) in [5.41, 5.74) is 2.37. The van der Waals surface area contributed by atoms with Crippen molar-refractivity contribution in [2.45, 2.75) is 19.4 Å². The summed E-state index contributed by atoms with van der Waals surface area (Å²) < 4.78 is 5.37. The van der Waals surface area contributed by atoms with Crippen LogP contribution in [0.4, 0.5) is 5.69 Å². The van der Waals surface area contributed by atoms with E-state index in [-0.39, 0.29) is 0 Å². The summed E-state index contributed by atoms with van der Waals surface area (Å²) in [6, 6.07) is 9.29. The number of rotatable bonds is 3. The van der Waals surface area contributed by atoms with Crippen LogP contribution in [0.1, 0.15) is 28.1 Å². The number of furan rings is 1. The number of anilines is 1. The van der Waals surface area contributed by atoms with E-state index in [1.165, 1.54) is 0 Å². The van der Waals surface area contributed by atoms with E-state index in [1.54, 1.807) is 12.3 Å². The number of hydrogen-bond donors (Lipinski definition) is 1. The highest BCUT2D eigenvalue weighted by Gasteiger charge is 2.22. The highest BCUT2D eigenvalue weighted by atomic mass is 16.4. The van der Waals surface area contributed by atoms with E-state index in [9.17, 15) is 9.90 Å². The second-order valence-corrected chi connectivity index (χ2v) is 4.71. The minimum Gasteiger partial charge on any atom is -0.478 e. The largest absolute Gasteiger partial charge is 0.478 e. The van der Waals surface area contributed by atoms with Gasteiger partial charge in [0, 0.05) is 12.2 Å². The molecule has 0 unspecified atom stereocenters. The maximum atomic E-state index is 11.3. The Morgan fingerprint density at radius 2 is 2.21 bits per heavy atom. The van der Waals surface area contributed by atoms with Crippen LogP contribution in [0.2, 0.25) is 0 Å². The summed E-state index contributed by atoms with van der Waals surface area (Å²) in [7, 11) is 0. The first kappa shape index (κ1) is 11.8. The Balaban J connectivity index is 1.96. The van der Waals surface area contributed by atoms with E-state index in [2.05, 4.69) is 4.90 Å². The lowest BCUT2D eigenvalue weighted by atomic mass is 9.96. The zero-order valence-electron chi connectivity index (χ0n) is 10.5. The number of carbonyl (C=O) groups is 1. The Morgan fingerprint density at radius 3 is 2.95 bits per heavy atom. The van der Waals surface area contributed by atoms with Crippen molar-refractivity contribution in [3.05, 3.63) is 53.5 Å². The number of aromatic carboxylic acids is 1. The Hall–Kier alpha value is -2.23. The molecule has 4 heteroatoms. The van der Waals surface area contributed by atoms with Gasteiger partial charge in [-0.1, -0.05) is 6.07 Å². The number of carboxylic acids is 1. The van der Waals surface area contributed by atoms with Crippen molar-refractivity contribution in [3.63, 3.8) is 0 Å². The normalized spacial score (nSPS) is 14.2. The topological polar surface area (TPSA) is 53.7 Å². The van der Waals surface area contributed by atoms with Crippen molar-refractivity contribution in [1.29, 1.82) is 0 Å². The van der Waals surface area contributed by atoms with Gasteiger partial charge in [-0.3, -0.25) is 0 Å². The molecule has 1 aliphatic heterocycles. The highest BCUT2D eigenvalue weighted by molar-refractivity contribution is 5.91. The van der Waals surface area contributed by atoms with Crippen LogP contribution >= 0.6 is 0 Å². The van der Waals surface area contributed by atoms with Gasteiger partial charge < -0.3 is 14.4 Å². The SMILES string of the molecule is O=C(O)c1cccc2c1CCCN2Cc1ccco1. The second kappa shape index (κ2) is 4.80. The molecule has 2 heterocycles. The molecular weight excluding hydrogens is 242 g/mol. The van der Waals surface area contributed by atoms with Gasteiger partial charge in [-0.25, -0.2) is 4.79 Å². The van der Waals surface area contributed by atoms with Crippen molar-refractivity contribution in [2.24, 2.45) is 0 Å². The molecular formula is C15H15NO3. The van der Waals surface area contributed by atoms with Crippen molar-refractivity contribution in [1.82, 2.24) is 0 Å². The molecule has 0 fully saturated rings. The van der Waals surface area contributed by atoms with Gasteiger partial charge in [0.2, 0.25) is 0 Å². The van der Waals surface area contributed by atoms with Crippen LogP contribution in [0.3, 0.4) is 0 Å². The molecule has 19 heavy (non-hydrogen) atoms. The predicted octanol–water partition coefficient (Wildman–Crippen LogP) is 2.93. The van der Waals surface area contributed by atoms with Crippen LogP contribution in [0.25, 0.3) is 0 Å². The monoisotopic (exact) mass is 257 g/mol. The zero-order valence-corrected chi connectivity index (χ0v) is 10.5. The molecule has 1 aromatic heterocycles. The number of hydrogen-bond acceptors (Lipinski definition) is 3. The molecule has 0 amide bonds. The third kappa shape index (κ3) is 2.21. The lowest BCUT2D eigenvalue weighted by molar-refractivity contribution is 0.0695. The predicted molar refractivity (Wildman–Crippen MR) is 71.5 cm³/mol. The molecule has 0 saturated carbocycles. The molecule has 4 nitrogen and oxygen atoms in total. The fourth-order valence-electron chi connectivity index (χ4n) is 2.66. The lowest BCUT2D eigenvalue weighted by Crippen LogP contribution is -2.29. The third-order valence-corrected chi connectivity index (χ3v) is 3.50. The highest BCUT2D eigenvalue weighted by Crippen LogP contribution is 2.31. The van der Waals surface area contributed by atoms with Gasteiger partial charge in [-0.15, -0.1) is 0 Å². The van der Waals surface area contributed by atoms with E-state index in [0.29, 0.717) is 12.1 Å². The zero-order chi connectivity index (χ0) is 13.2. The molecule has 0 atom stereocenters. The molecule has 0 saturated heterocycles. The second-order valence-electron chi connectivity index (χ2n) is 4.71. The summed E-state index contributed by atoms with van der Waals surface area (Å²) in [4.78, 5) is 13.4. The molecule has 2 aromatic rings. The van der Waals surface area contributed by atoms with Crippen LogP contribution < -0.4 is 4.90 Å². The maximum Gasteiger partial charge on any atom is 0.336 e. The fourth-order valence-corrected chi connectivity index (χ4v) is 2.66. The number of nitrogens with zero attached hydrogens (tertiary/aromatic N) is 1. The summed E-state index contributed by atoms with van der Waals surface area (Å²) in [5, 5.41) is 9.25. The molecule has 0 radical (unpaired) electrons. The molecule has 98 valence electrons. The summed E-state index contributed by atoms with van der Waals surface area (Å²) >= 11 is 0. The van der Waals surface area contributed by atoms with Crippen molar-refractivity contribution < 1.29 is 14.3 Å². The lowest BCUT2D eigenvalue weighted by Gasteiger charge is -2.31. The van der Waals surface area contributed by atoms with E-state index < -0.39 is 5.97 Å². The molecule has 3 rings (SSSR count). The number of fused-ring (bicyclic) bond motifs is 1. The summed E-state index contributed by atoms with van der Waals surface area (Å²) in [6.45, 7) is 1.61. The van der Waals surface area contributed by atoms with Gasteiger partial charge in [-0.05, 0) is 42.7 Å². The van der Waals surface area contributed by atoms with Crippen molar-refractivity contribution in [2.75, 3.05) is 11.4 Å². The first-order valence-corrected chi connectivity index (χ1v) is 6.38. The van der Waals surface area contributed by atoms with Crippen LogP contribution in [0, 0.1) is 0 Å². The summed E-state index contributed by atoms with van der Waals surface area (Å²) in [5.74, 6) is 0.0466. The van der Waals surface area contributed by atoms with Crippen LogP contribution in [0.15, 0.2) is 41.0 Å². The molecule has 0 spiro atoms. The van der Waals surface area contributed by atoms with Gasteiger partial charge in [0.1, 0.15) is 5.76 Å². The van der Waals surface area contributed by atoms with E-state index in [0.717, 1.165) is 36.4 Å². The van der Waals surface area contributed by atoms with Gasteiger partial charge in [0.05, 0.1) is 18.4 Å². The number of carboxylic acid groups (broad SMARTS) is 1. The van der Waals surface area contributed by atoms with E-state index in [4.69, 9.17) is 4.42 Å².